The minimum Gasteiger partial charge on any atom is -0.473 e. The van der Waals surface area contributed by atoms with Crippen molar-refractivity contribution >= 4 is 16.7 Å². The van der Waals surface area contributed by atoms with Crippen molar-refractivity contribution in [1.29, 1.82) is 0 Å². The third-order valence-electron chi connectivity index (χ3n) is 4.77. The number of aromatic nitrogens is 1. The van der Waals surface area contributed by atoms with Crippen LogP contribution >= 0.6 is 0 Å². The van der Waals surface area contributed by atoms with E-state index >= 15 is 0 Å². The summed E-state index contributed by atoms with van der Waals surface area (Å²) in [6.07, 6.45) is 10.7. The minimum absolute atomic E-state index is 0.0428. The maximum Gasteiger partial charge on any atom is 0.232 e. The van der Waals surface area contributed by atoms with Gasteiger partial charge in [0.15, 0.2) is 0 Å². The zero-order valence-electron chi connectivity index (χ0n) is 17.1. The van der Waals surface area contributed by atoms with E-state index in [-0.39, 0.29) is 17.4 Å². The average Bonchev–Trinajstić information content (AvgIpc) is 3.25. The molecule has 2 aromatic rings. The number of carbonyl (C=O) groups is 1. The third kappa shape index (κ3) is 7.76. The molecule has 0 saturated carbocycles. The molecule has 8 heteroatoms. The molecule has 1 aliphatic rings. The molecule has 1 unspecified atom stereocenters. The molecule has 1 aliphatic heterocycles. The molecule has 3 heterocycles. The summed E-state index contributed by atoms with van der Waals surface area (Å²) in [6, 6.07) is 7.48. The van der Waals surface area contributed by atoms with Crippen LogP contribution in [0.25, 0.3) is 0 Å². The number of likely N-dealkylation sites (tertiary alicyclic amines) is 1. The topological polar surface area (TPSA) is 84.7 Å². The van der Waals surface area contributed by atoms with Crippen LogP contribution in [0.3, 0.4) is 0 Å². The zero-order valence-corrected chi connectivity index (χ0v) is 17.9. The van der Waals surface area contributed by atoms with Gasteiger partial charge < -0.3 is 14.5 Å². The standard InChI is InChI=1S/C22H29N3O4S/c26-21(18-30(27)17-20-9-7-15-28-20)23-10-2-5-14-29-22-19(8-6-11-24-22)16-25-12-3-1-4-13-25/h2,5-9,11,15H,1,3-4,10,12-14,16-18H2,(H,23,26). The molecule has 0 spiro atoms. The van der Waals surface area contributed by atoms with E-state index in [9.17, 15) is 9.00 Å². The Morgan fingerprint density at radius 1 is 1.23 bits per heavy atom. The number of hydrogen-bond donors (Lipinski definition) is 1. The molecule has 1 amide bonds. The highest BCUT2D eigenvalue weighted by atomic mass is 32.2. The van der Waals surface area contributed by atoms with Gasteiger partial charge >= 0.3 is 0 Å². The number of piperidine rings is 1. The lowest BCUT2D eigenvalue weighted by Gasteiger charge is -2.26. The van der Waals surface area contributed by atoms with E-state index in [0.717, 1.165) is 25.2 Å². The second kappa shape index (κ2) is 12.3. The summed E-state index contributed by atoms with van der Waals surface area (Å²) < 4.78 is 22.9. The number of rotatable bonds is 11. The summed E-state index contributed by atoms with van der Waals surface area (Å²) in [6.45, 7) is 3.85. The first-order chi connectivity index (χ1) is 14.7. The fourth-order valence-corrected chi connectivity index (χ4v) is 4.26. The fourth-order valence-electron chi connectivity index (χ4n) is 3.29. The number of carbonyl (C=O) groups excluding carboxylic acids is 1. The van der Waals surface area contributed by atoms with Gasteiger partial charge in [-0.15, -0.1) is 0 Å². The summed E-state index contributed by atoms with van der Waals surface area (Å²) in [4.78, 5) is 18.7. The number of pyridine rings is 1. The quantitative estimate of drug-likeness (QED) is 0.551. The Bertz CT molecular complexity index is 833. The van der Waals surface area contributed by atoms with Gasteiger partial charge in [-0.2, -0.15) is 0 Å². The predicted molar refractivity (Wildman–Crippen MR) is 116 cm³/mol. The van der Waals surface area contributed by atoms with Gasteiger partial charge in [0.25, 0.3) is 0 Å². The van der Waals surface area contributed by atoms with Gasteiger partial charge in [-0.3, -0.25) is 13.9 Å². The number of nitrogens with zero attached hydrogens (tertiary/aromatic N) is 2. The van der Waals surface area contributed by atoms with E-state index in [0.29, 0.717) is 24.8 Å². The SMILES string of the molecule is O=C(CS(=O)Cc1ccco1)NCC=CCOc1ncccc1CN1CCCCC1. The van der Waals surface area contributed by atoms with Crippen molar-refractivity contribution in [3.63, 3.8) is 0 Å². The van der Waals surface area contributed by atoms with Crippen LogP contribution < -0.4 is 10.1 Å². The van der Waals surface area contributed by atoms with E-state index in [2.05, 4.69) is 21.3 Å². The van der Waals surface area contributed by atoms with E-state index < -0.39 is 10.8 Å². The molecule has 0 bridgehead atoms. The van der Waals surface area contributed by atoms with Crippen molar-refractivity contribution in [1.82, 2.24) is 15.2 Å². The third-order valence-corrected chi connectivity index (χ3v) is 5.96. The normalized spacial score (nSPS) is 15.9. The Balaban J connectivity index is 1.34. The lowest BCUT2D eigenvalue weighted by molar-refractivity contribution is -0.118. The summed E-state index contributed by atoms with van der Waals surface area (Å²) in [7, 11) is -1.29. The summed E-state index contributed by atoms with van der Waals surface area (Å²) in [5, 5.41) is 2.73. The van der Waals surface area contributed by atoms with Crippen LogP contribution in [0.15, 0.2) is 53.3 Å². The largest absolute Gasteiger partial charge is 0.473 e. The Morgan fingerprint density at radius 3 is 2.90 bits per heavy atom. The smallest absolute Gasteiger partial charge is 0.232 e. The molecule has 1 fully saturated rings. The van der Waals surface area contributed by atoms with Gasteiger partial charge in [-0.25, -0.2) is 4.98 Å². The molecule has 30 heavy (non-hydrogen) atoms. The van der Waals surface area contributed by atoms with Crippen molar-refractivity contribution in [2.24, 2.45) is 0 Å². The molecular formula is C22H29N3O4S. The van der Waals surface area contributed by atoms with E-state index in [1.54, 1.807) is 18.3 Å². The van der Waals surface area contributed by atoms with Crippen molar-refractivity contribution in [3.05, 3.63) is 60.2 Å². The lowest BCUT2D eigenvalue weighted by atomic mass is 10.1. The van der Waals surface area contributed by atoms with Crippen LogP contribution in [0.1, 0.15) is 30.6 Å². The van der Waals surface area contributed by atoms with Gasteiger partial charge in [0, 0.05) is 35.6 Å². The van der Waals surface area contributed by atoms with E-state index in [4.69, 9.17) is 9.15 Å². The van der Waals surface area contributed by atoms with E-state index in [1.807, 2.05) is 18.2 Å². The van der Waals surface area contributed by atoms with E-state index in [1.165, 1.54) is 25.5 Å². The number of nitrogens with one attached hydrogen (secondary N) is 1. The highest BCUT2D eigenvalue weighted by Crippen LogP contribution is 2.19. The molecule has 1 atom stereocenters. The molecule has 1 N–H and O–H groups in total. The monoisotopic (exact) mass is 431 g/mol. The summed E-state index contributed by atoms with van der Waals surface area (Å²) in [5.41, 5.74) is 1.10. The molecular weight excluding hydrogens is 402 g/mol. The van der Waals surface area contributed by atoms with Crippen LogP contribution in [-0.4, -0.2) is 52.0 Å². The number of hydrogen-bond acceptors (Lipinski definition) is 6. The molecule has 0 aliphatic carbocycles. The Kier molecular flexibility index (Phi) is 9.11. The van der Waals surface area contributed by atoms with Crippen LogP contribution in [0, 0.1) is 0 Å². The van der Waals surface area contributed by atoms with Crippen molar-refractivity contribution < 1.29 is 18.2 Å². The first kappa shape index (κ1) is 22.2. The number of furan rings is 1. The maximum atomic E-state index is 11.9. The highest BCUT2D eigenvalue weighted by molar-refractivity contribution is 7.84. The Morgan fingerprint density at radius 2 is 2.10 bits per heavy atom. The fraction of sp³-hybridized carbons (Fsp3) is 0.455. The average molecular weight is 432 g/mol. The van der Waals surface area contributed by atoms with Gasteiger partial charge in [0.05, 0.1) is 12.0 Å². The first-order valence-electron chi connectivity index (χ1n) is 10.3. The molecule has 2 aromatic heterocycles. The minimum atomic E-state index is -1.29. The van der Waals surface area contributed by atoms with Crippen molar-refractivity contribution in [2.75, 3.05) is 32.0 Å². The van der Waals surface area contributed by atoms with Gasteiger partial charge in [-0.05, 0) is 50.2 Å². The van der Waals surface area contributed by atoms with Crippen LogP contribution in [0.5, 0.6) is 5.88 Å². The van der Waals surface area contributed by atoms with Crippen molar-refractivity contribution in [3.8, 4) is 5.88 Å². The lowest BCUT2D eigenvalue weighted by Crippen LogP contribution is -2.29. The van der Waals surface area contributed by atoms with Gasteiger partial charge in [0.1, 0.15) is 18.1 Å². The van der Waals surface area contributed by atoms with Crippen LogP contribution in [0.2, 0.25) is 0 Å². The molecule has 1 saturated heterocycles. The maximum absolute atomic E-state index is 11.9. The number of amides is 1. The predicted octanol–water partition coefficient (Wildman–Crippen LogP) is 2.66. The van der Waals surface area contributed by atoms with Gasteiger partial charge in [-0.1, -0.05) is 18.6 Å². The number of ether oxygens (including phenoxy) is 1. The summed E-state index contributed by atoms with van der Waals surface area (Å²) in [5.74, 6) is 1.23. The zero-order chi connectivity index (χ0) is 21.0. The Hall–Kier alpha value is -2.45. The second-order valence-corrected chi connectivity index (χ2v) is 8.66. The molecule has 0 radical (unpaired) electrons. The second-order valence-electron chi connectivity index (χ2n) is 7.20. The van der Waals surface area contributed by atoms with Crippen molar-refractivity contribution in [2.45, 2.75) is 31.6 Å². The first-order valence-corrected chi connectivity index (χ1v) is 11.8. The molecule has 0 aromatic carbocycles. The van der Waals surface area contributed by atoms with Crippen LogP contribution in [-0.2, 0) is 27.9 Å². The van der Waals surface area contributed by atoms with Crippen LogP contribution in [0.4, 0.5) is 0 Å². The van der Waals surface area contributed by atoms with Gasteiger partial charge in [0.2, 0.25) is 11.8 Å². The summed E-state index contributed by atoms with van der Waals surface area (Å²) >= 11 is 0. The molecule has 162 valence electrons. The molecule has 7 nitrogen and oxygen atoms in total. The highest BCUT2D eigenvalue weighted by Gasteiger charge is 2.13. The molecule has 3 rings (SSSR count). The Labute approximate surface area is 180 Å².